The molecule has 0 spiro atoms. The summed E-state index contributed by atoms with van der Waals surface area (Å²) in [5.41, 5.74) is 0. The zero-order chi connectivity index (χ0) is 11.9. The maximum Gasteiger partial charge on any atom is 0.348 e. The van der Waals surface area contributed by atoms with Crippen molar-refractivity contribution in [3.05, 3.63) is 0 Å². The molecule has 0 bridgehead atoms. The van der Waals surface area contributed by atoms with Crippen molar-refractivity contribution in [3.63, 3.8) is 0 Å². The Morgan fingerprint density at radius 1 is 1.13 bits per heavy atom. The van der Waals surface area contributed by atoms with Crippen LogP contribution < -0.4 is 0 Å². The molecule has 0 heterocycles. The largest absolute Gasteiger partial charge is 0.394 e. The van der Waals surface area contributed by atoms with Crippen LogP contribution in [0.3, 0.4) is 0 Å². The Morgan fingerprint density at radius 2 is 1.67 bits per heavy atom. The van der Waals surface area contributed by atoms with Crippen molar-refractivity contribution >= 4 is 5.97 Å². The first-order valence-electron chi connectivity index (χ1n) is 5.26. The van der Waals surface area contributed by atoms with Gasteiger partial charge in [-0.25, -0.2) is 4.79 Å². The van der Waals surface area contributed by atoms with Crippen LogP contribution in [0.15, 0.2) is 0 Å². The van der Waals surface area contributed by atoms with Gasteiger partial charge in [0.15, 0.2) is 0 Å². The van der Waals surface area contributed by atoms with Gasteiger partial charge in [-0.3, -0.25) is 4.94 Å². The molecule has 0 saturated carbocycles. The molecule has 0 fully saturated rings. The maximum atomic E-state index is 11.1. The van der Waals surface area contributed by atoms with Crippen molar-refractivity contribution in [3.8, 4) is 0 Å². The van der Waals surface area contributed by atoms with Crippen molar-refractivity contribution in [1.82, 2.24) is 0 Å². The average Bonchev–Trinajstić information content (AvgIpc) is 2.28. The van der Waals surface area contributed by atoms with Crippen LogP contribution in [0.25, 0.3) is 0 Å². The number of rotatable bonds is 7. The highest BCUT2D eigenvalue weighted by molar-refractivity contribution is 5.68. The zero-order valence-corrected chi connectivity index (χ0v) is 9.25. The van der Waals surface area contributed by atoms with E-state index in [1.54, 1.807) is 0 Å². The molecule has 0 radical (unpaired) electrons. The van der Waals surface area contributed by atoms with Gasteiger partial charge in [-0.05, 0) is 6.42 Å². The minimum atomic E-state index is -0.749. The van der Waals surface area contributed by atoms with Gasteiger partial charge >= 0.3 is 5.97 Å². The second-order valence-electron chi connectivity index (χ2n) is 3.06. The molecule has 0 unspecified atom stereocenters. The van der Waals surface area contributed by atoms with E-state index < -0.39 is 5.97 Å². The molecular formula is C10H21FO4. The average molecular weight is 224 g/mol. The Kier molecular flexibility index (Phi) is 17.6. The fourth-order valence-corrected chi connectivity index (χ4v) is 0.911. The van der Waals surface area contributed by atoms with Crippen molar-refractivity contribution in [1.29, 1.82) is 0 Å². The van der Waals surface area contributed by atoms with Crippen LogP contribution >= 0.6 is 0 Å². The van der Waals surface area contributed by atoms with Gasteiger partial charge in [-0.1, -0.05) is 32.6 Å². The predicted molar refractivity (Wildman–Crippen MR) is 54.7 cm³/mol. The smallest absolute Gasteiger partial charge is 0.348 e. The van der Waals surface area contributed by atoms with Crippen LogP contribution in [0.4, 0.5) is 4.53 Å². The third kappa shape index (κ3) is 19.7. The van der Waals surface area contributed by atoms with Gasteiger partial charge in [0.1, 0.15) is 0 Å². The summed E-state index contributed by atoms with van der Waals surface area (Å²) in [6.07, 6.45) is 5.42. The van der Waals surface area contributed by atoms with E-state index in [0.717, 1.165) is 19.3 Å². The number of aliphatic hydroxyl groups is 2. The van der Waals surface area contributed by atoms with E-state index in [1.165, 1.54) is 12.8 Å². The highest BCUT2D eigenvalue weighted by atomic mass is 19.3. The molecule has 92 valence electrons. The van der Waals surface area contributed by atoms with Gasteiger partial charge in [0.25, 0.3) is 0 Å². The Morgan fingerprint density at radius 3 is 2.07 bits per heavy atom. The summed E-state index contributed by atoms with van der Waals surface area (Å²) >= 11 is 0. The Labute approximate surface area is 90.0 Å². The molecule has 5 heteroatoms. The first-order valence-corrected chi connectivity index (χ1v) is 5.26. The van der Waals surface area contributed by atoms with Gasteiger partial charge in [0, 0.05) is 10.9 Å². The molecule has 0 rings (SSSR count). The molecule has 4 nitrogen and oxygen atoms in total. The number of halogens is 1. The third-order valence-electron chi connectivity index (χ3n) is 1.67. The second kappa shape index (κ2) is 15.8. The number of carbonyl (C=O) groups excluding carboxylic acids is 1. The summed E-state index contributed by atoms with van der Waals surface area (Å²) in [6.45, 7) is 1.87. The van der Waals surface area contributed by atoms with Crippen molar-refractivity contribution < 1.29 is 24.5 Å². The minimum absolute atomic E-state index is 0.125. The van der Waals surface area contributed by atoms with E-state index in [1.807, 2.05) is 0 Å². The standard InChI is InChI=1S/C8H15FO2.C2H6O2/c1-2-3-4-5-6-7-8(10)11-9;3-1-2-4/h2-7H2,1H3;3-4H,1-2H2. The van der Waals surface area contributed by atoms with Gasteiger partial charge in [-0.15, -0.1) is 0 Å². The molecule has 0 saturated heterocycles. The number of unbranched alkanes of at least 4 members (excludes halogenated alkanes) is 4. The monoisotopic (exact) mass is 224 g/mol. The third-order valence-corrected chi connectivity index (χ3v) is 1.67. The highest BCUT2D eigenvalue weighted by Crippen LogP contribution is 2.05. The number of carbonyl (C=O) groups is 1. The summed E-state index contributed by atoms with van der Waals surface area (Å²) in [4.78, 5) is 13.3. The maximum absolute atomic E-state index is 11.1. The first kappa shape index (κ1) is 16.7. The Hall–Kier alpha value is -0.680. The predicted octanol–water partition coefficient (Wildman–Crippen LogP) is 1.75. The van der Waals surface area contributed by atoms with E-state index in [0.29, 0.717) is 0 Å². The lowest BCUT2D eigenvalue weighted by Gasteiger charge is -1.96. The van der Waals surface area contributed by atoms with Crippen molar-refractivity contribution in [2.75, 3.05) is 13.2 Å². The number of hydrogen-bond donors (Lipinski definition) is 2. The fraction of sp³-hybridized carbons (Fsp3) is 0.900. The molecule has 15 heavy (non-hydrogen) atoms. The topological polar surface area (TPSA) is 66.8 Å². The minimum Gasteiger partial charge on any atom is -0.394 e. The van der Waals surface area contributed by atoms with Gasteiger partial charge < -0.3 is 10.2 Å². The van der Waals surface area contributed by atoms with Crippen LogP contribution in [-0.4, -0.2) is 29.4 Å². The van der Waals surface area contributed by atoms with E-state index in [-0.39, 0.29) is 19.6 Å². The van der Waals surface area contributed by atoms with E-state index in [4.69, 9.17) is 10.2 Å². The summed E-state index contributed by atoms with van der Waals surface area (Å²) in [5, 5.41) is 15.2. The second-order valence-corrected chi connectivity index (χ2v) is 3.06. The van der Waals surface area contributed by atoms with Crippen LogP contribution in [-0.2, 0) is 9.74 Å². The molecule has 0 aliphatic rings. The van der Waals surface area contributed by atoms with Crippen LogP contribution in [0, 0.1) is 0 Å². The van der Waals surface area contributed by atoms with E-state index >= 15 is 0 Å². The summed E-state index contributed by atoms with van der Waals surface area (Å²) in [5.74, 6) is -0.749. The van der Waals surface area contributed by atoms with Crippen molar-refractivity contribution in [2.45, 2.75) is 45.4 Å². The fourth-order valence-electron chi connectivity index (χ4n) is 0.911. The molecule has 0 aromatic heterocycles. The molecule has 0 aromatic carbocycles. The van der Waals surface area contributed by atoms with E-state index in [2.05, 4.69) is 11.9 Å². The van der Waals surface area contributed by atoms with Crippen LogP contribution in [0.2, 0.25) is 0 Å². The summed E-state index contributed by atoms with van der Waals surface area (Å²) in [7, 11) is 0. The molecule has 0 atom stereocenters. The quantitative estimate of drug-likeness (QED) is 0.646. The highest BCUT2D eigenvalue weighted by Gasteiger charge is 2.00. The van der Waals surface area contributed by atoms with Gasteiger partial charge in [0.2, 0.25) is 0 Å². The Balaban J connectivity index is 0. The molecule has 2 N–H and O–H groups in total. The van der Waals surface area contributed by atoms with Gasteiger partial charge in [-0.2, -0.15) is 0 Å². The van der Waals surface area contributed by atoms with E-state index in [9.17, 15) is 9.32 Å². The first-order chi connectivity index (χ1) is 7.22. The normalized spacial score (nSPS) is 9.07. The number of hydrogen-bond acceptors (Lipinski definition) is 4. The number of aliphatic hydroxyl groups excluding tert-OH is 2. The lowest BCUT2D eigenvalue weighted by atomic mass is 10.1. The van der Waals surface area contributed by atoms with Gasteiger partial charge in [0.05, 0.1) is 13.2 Å². The van der Waals surface area contributed by atoms with Crippen LogP contribution in [0.5, 0.6) is 0 Å². The SMILES string of the molecule is CCCCCCCC(=O)OF.OCCO. The summed E-state index contributed by atoms with van der Waals surface area (Å²) in [6, 6.07) is 0. The molecule has 0 aliphatic carbocycles. The molecule has 0 aliphatic heterocycles. The van der Waals surface area contributed by atoms with Crippen molar-refractivity contribution in [2.24, 2.45) is 0 Å². The lowest BCUT2D eigenvalue weighted by molar-refractivity contribution is -0.183. The zero-order valence-electron chi connectivity index (χ0n) is 9.25. The Bertz CT molecular complexity index is 129. The molecule has 0 aromatic rings. The summed E-state index contributed by atoms with van der Waals surface area (Å²) < 4.78 is 11.1. The molecule has 0 amide bonds. The molecular weight excluding hydrogens is 203 g/mol. The lowest BCUT2D eigenvalue weighted by Crippen LogP contribution is -1.96. The van der Waals surface area contributed by atoms with Crippen LogP contribution in [0.1, 0.15) is 45.4 Å².